The number of nitrogens with zero attached hydrogens (tertiary/aromatic N) is 1. The molecule has 1 heterocycles. The molecule has 178 valence electrons. The van der Waals surface area contributed by atoms with Gasteiger partial charge in [0.1, 0.15) is 34.5 Å². The number of carbonyl (C=O) groups excluding carboxylic acids is 2. The summed E-state index contributed by atoms with van der Waals surface area (Å²) in [4.78, 5) is 28.7. The van der Waals surface area contributed by atoms with Gasteiger partial charge in [-0.2, -0.15) is 0 Å². The number of aliphatic imine (C=N–C) groups is 1. The van der Waals surface area contributed by atoms with Gasteiger partial charge in [-0.15, -0.1) is 0 Å². The summed E-state index contributed by atoms with van der Waals surface area (Å²) in [6.45, 7) is 3.61. The molecule has 0 saturated heterocycles. The van der Waals surface area contributed by atoms with Crippen LogP contribution >= 0.6 is 23.4 Å². The Hall–Kier alpha value is -3.10. The second-order valence-electron chi connectivity index (χ2n) is 7.19. The van der Waals surface area contributed by atoms with Gasteiger partial charge in [0, 0.05) is 12.0 Å². The summed E-state index contributed by atoms with van der Waals surface area (Å²) in [6, 6.07) is 11.2. The summed E-state index contributed by atoms with van der Waals surface area (Å²) < 4.78 is 24.5. The topological polar surface area (TPSA) is 85.2 Å². The van der Waals surface area contributed by atoms with Crippen molar-refractivity contribution < 1.29 is 28.6 Å². The number of hydrogen-bond acceptors (Lipinski definition) is 6. The van der Waals surface area contributed by atoms with E-state index in [1.807, 2.05) is 6.92 Å². The number of aliphatic hydroxyl groups is 1. The molecule has 0 aromatic heterocycles. The van der Waals surface area contributed by atoms with Gasteiger partial charge in [0.15, 0.2) is 0 Å². The van der Waals surface area contributed by atoms with Crippen molar-refractivity contribution in [1.82, 2.24) is 0 Å². The predicted molar refractivity (Wildman–Crippen MR) is 131 cm³/mol. The van der Waals surface area contributed by atoms with Crippen LogP contribution in [0.1, 0.15) is 37.8 Å². The number of amides is 1. The lowest BCUT2D eigenvalue weighted by atomic mass is 10.1. The molecule has 0 spiro atoms. The first-order valence-corrected chi connectivity index (χ1v) is 11.8. The van der Waals surface area contributed by atoms with Crippen LogP contribution in [-0.2, 0) is 20.9 Å². The summed E-state index contributed by atoms with van der Waals surface area (Å²) in [5.41, 5.74) is 0.873. The zero-order valence-electron chi connectivity index (χ0n) is 18.6. The number of halogens is 2. The van der Waals surface area contributed by atoms with Crippen molar-refractivity contribution in [3.8, 4) is 5.75 Å². The third-order valence-corrected chi connectivity index (χ3v) is 5.97. The van der Waals surface area contributed by atoms with Gasteiger partial charge in [-0.05, 0) is 43.2 Å². The first kappa shape index (κ1) is 25.5. The molecule has 0 fully saturated rings. The molecule has 0 saturated carbocycles. The predicted octanol–water partition coefficient (Wildman–Crippen LogP) is 6.25. The van der Waals surface area contributed by atoms with Crippen molar-refractivity contribution in [2.45, 2.75) is 33.3 Å². The lowest BCUT2D eigenvalue weighted by Gasteiger charge is -2.09. The van der Waals surface area contributed by atoms with Gasteiger partial charge in [-0.25, -0.2) is 14.2 Å². The number of ether oxygens (including phenoxy) is 2. The van der Waals surface area contributed by atoms with Gasteiger partial charge in [-0.3, -0.25) is 4.79 Å². The van der Waals surface area contributed by atoms with Crippen molar-refractivity contribution in [3.63, 3.8) is 0 Å². The molecule has 0 atom stereocenters. The molecule has 1 aliphatic rings. The Labute approximate surface area is 206 Å². The van der Waals surface area contributed by atoms with Crippen molar-refractivity contribution in [2.75, 3.05) is 6.61 Å². The molecule has 0 aliphatic carbocycles. The highest BCUT2D eigenvalue weighted by Crippen LogP contribution is 2.40. The fourth-order valence-electron chi connectivity index (χ4n) is 3.02. The third kappa shape index (κ3) is 6.27. The molecule has 0 radical (unpaired) electrons. The van der Waals surface area contributed by atoms with Gasteiger partial charge in [0.2, 0.25) is 5.91 Å². The Bertz CT molecular complexity index is 1190. The van der Waals surface area contributed by atoms with Gasteiger partial charge in [0.25, 0.3) is 0 Å². The molecule has 9 heteroatoms. The van der Waals surface area contributed by atoms with Crippen LogP contribution in [0.25, 0.3) is 6.08 Å². The molecular formula is C25H23ClFNO5S. The molecule has 3 rings (SSSR count). The average Bonchev–Trinajstić information content (AvgIpc) is 3.09. The first-order chi connectivity index (χ1) is 16.3. The highest BCUT2D eigenvalue weighted by molar-refractivity contribution is 8.18. The van der Waals surface area contributed by atoms with E-state index in [4.69, 9.17) is 21.1 Å². The number of benzene rings is 2. The molecule has 1 amide bonds. The fourth-order valence-corrected chi connectivity index (χ4v) is 4.30. The van der Waals surface area contributed by atoms with Gasteiger partial charge >= 0.3 is 5.97 Å². The minimum absolute atomic E-state index is 0.0146. The minimum atomic E-state index is -0.756. The number of aliphatic hydroxyl groups excluding tert-OH is 1. The largest absolute Gasteiger partial charge is 0.506 e. The van der Waals surface area contributed by atoms with Crippen molar-refractivity contribution in [2.24, 2.45) is 4.99 Å². The van der Waals surface area contributed by atoms with Crippen molar-refractivity contribution in [3.05, 3.63) is 80.7 Å². The maximum Gasteiger partial charge on any atom is 0.344 e. The van der Waals surface area contributed by atoms with Crippen molar-refractivity contribution in [1.29, 1.82) is 0 Å². The van der Waals surface area contributed by atoms with Crippen molar-refractivity contribution >= 4 is 46.4 Å². The molecule has 2 aromatic carbocycles. The molecule has 2 aromatic rings. The van der Waals surface area contributed by atoms with E-state index in [0.717, 1.165) is 11.8 Å². The van der Waals surface area contributed by atoms with E-state index in [1.165, 1.54) is 6.07 Å². The van der Waals surface area contributed by atoms with E-state index >= 15 is 0 Å². The molecule has 0 unspecified atom stereocenters. The molecule has 34 heavy (non-hydrogen) atoms. The van der Waals surface area contributed by atoms with E-state index in [1.54, 1.807) is 49.4 Å². The third-order valence-electron chi connectivity index (χ3n) is 4.66. The highest BCUT2D eigenvalue weighted by Gasteiger charge is 2.33. The maximum absolute atomic E-state index is 13.8. The van der Waals surface area contributed by atoms with E-state index in [-0.39, 0.29) is 52.8 Å². The van der Waals surface area contributed by atoms with Crippen LogP contribution in [0.5, 0.6) is 5.75 Å². The van der Waals surface area contributed by atoms with E-state index in [9.17, 15) is 19.1 Å². The molecule has 0 bridgehead atoms. The number of thioether (sulfide) groups is 1. The Kier molecular flexibility index (Phi) is 8.90. The molecule has 1 N–H and O–H groups in total. The zero-order valence-corrected chi connectivity index (χ0v) is 20.2. The summed E-state index contributed by atoms with van der Waals surface area (Å²) in [5, 5.41) is 11.1. The van der Waals surface area contributed by atoms with Crippen LogP contribution in [-0.4, -0.2) is 28.6 Å². The highest BCUT2D eigenvalue weighted by atomic mass is 35.5. The quantitative estimate of drug-likeness (QED) is 0.429. The minimum Gasteiger partial charge on any atom is -0.506 e. The normalized spacial score (nSPS) is 15.8. The second-order valence-corrected chi connectivity index (χ2v) is 8.62. The van der Waals surface area contributed by atoms with Crippen LogP contribution in [0.15, 0.2) is 63.7 Å². The molecule has 6 nitrogen and oxygen atoms in total. The second kappa shape index (κ2) is 11.9. The Morgan fingerprint density at radius 1 is 1.21 bits per heavy atom. The summed E-state index contributed by atoms with van der Waals surface area (Å²) in [6.07, 6.45) is 2.44. The molecular weight excluding hydrogens is 481 g/mol. The van der Waals surface area contributed by atoms with Gasteiger partial charge in [0.05, 0.1) is 16.5 Å². The monoisotopic (exact) mass is 503 g/mol. The Balaban J connectivity index is 1.84. The smallest absolute Gasteiger partial charge is 0.344 e. The number of esters is 1. The first-order valence-electron chi connectivity index (χ1n) is 10.6. The number of carbonyl (C=O) groups is 2. The molecule has 1 aliphatic heterocycles. The van der Waals surface area contributed by atoms with E-state index < -0.39 is 5.97 Å². The summed E-state index contributed by atoms with van der Waals surface area (Å²) >= 11 is 7.34. The van der Waals surface area contributed by atoms with E-state index in [0.29, 0.717) is 28.2 Å². The van der Waals surface area contributed by atoms with E-state index in [2.05, 4.69) is 4.99 Å². The number of rotatable bonds is 8. The number of hydrogen-bond donors (Lipinski definition) is 1. The van der Waals surface area contributed by atoms with Crippen LogP contribution in [0.3, 0.4) is 0 Å². The lowest BCUT2D eigenvalue weighted by Crippen LogP contribution is -2.14. The van der Waals surface area contributed by atoms with Crippen LogP contribution in [0, 0.1) is 5.82 Å². The zero-order chi connectivity index (χ0) is 24.7. The Morgan fingerprint density at radius 3 is 2.65 bits per heavy atom. The maximum atomic E-state index is 13.8. The standard InChI is InChI=1S/C25H23ClFNO5S/c1-3-7-21(29)28-24-22(25(31)32-4-2)23(30)20(34-24)13-15-10-11-19(17(26)12-15)33-14-16-8-5-6-9-18(16)27/h5-6,8-13,30H,3-4,7,14H2,1-2H3/b20-13-,28-24?. The van der Waals surface area contributed by atoms with Gasteiger partial charge in [-0.1, -0.05) is 54.6 Å². The average molecular weight is 504 g/mol. The summed E-state index contributed by atoms with van der Waals surface area (Å²) in [5.74, 6) is -1.46. The van der Waals surface area contributed by atoms with Crippen LogP contribution in [0.4, 0.5) is 4.39 Å². The summed E-state index contributed by atoms with van der Waals surface area (Å²) in [7, 11) is 0. The van der Waals surface area contributed by atoms with Gasteiger partial charge < -0.3 is 14.6 Å². The van der Waals surface area contributed by atoms with Crippen LogP contribution in [0.2, 0.25) is 5.02 Å². The Morgan fingerprint density at radius 2 is 1.97 bits per heavy atom. The SMILES string of the molecule is CCCC(=O)N=C1S/C(=C\c2ccc(OCc3ccccc3F)c(Cl)c2)C(O)=C1C(=O)OCC. The van der Waals surface area contributed by atoms with Crippen LogP contribution < -0.4 is 4.74 Å². The fraction of sp³-hybridized carbons (Fsp3) is 0.240. The lowest BCUT2D eigenvalue weighted by molar-refractivity contribution is -0.138.